The maximum absolute atomic E-state index is 5.71. The fourth-order valence-electron chi connectivity index (χ4n) is 1.54. The normalized spacial score (nSPS) is 11.0. The van der Waals surface area contributed by atoms with E-state index >= 15 is 0 Å². The number of nitrogen functional groups attached to an aromatic ring is 1. The van der Waals surface area contributed by atoms with E-state index in [1.165, 1.54) is 18.1 Å². The lowest BCUT2D eigenvalue weighted by Gasteiger charge is -1.97. The highest BCUT2D eigenvalue weighted by Gasteiger charge is 2.09. The van der Waals surface area contributed by atoms with Crippen molar-refractivity contribution in [2.24, 2.45) is 0 Å². The molecule has 3 rings (SSSR count). The lowest BCUT2D eigenvalue weighted by Crippen LogP contribution is -1.84. The number of hydrogen-bond acceptors (Lipinski definition) is 7. The SMILES string of the molecule is CSc1cc(Sc2nc3ccc(N)cc3o2)ncn1. The zero-order valence-electron chi connectivity index (χ0n) is 10.0. The number of oxazole rings is 1. The average Bonchev–Trinajstić information content (AvgIpc) is 2.80. The second-order valence-corrected chi connectivity index (χ2v) is 5.51. The number of nitrogens with zero attached hydrogens (tertiary/aromatic N) is 3. The largest absolute Gasteiger partial charge is 0.431 e. The van der Waals surface area contributed by atoms with Gasteiger partial charge in [-0.05, 0) is 30.2 Å². The van der Waals surface area contributed by atoms with Gasteiger partial charge in [-0.25, -0.2) is 15.0 Å². The molecule has 0 atom stereocenters. The standard InChI is InChI=1S/C12H10N4OS2/c1-18-10-5-11(15-6-14-10)19-12-16-8-3-2-7(13)4-9(8)17-12/h2-6H,13H2,1H3. The third-order valence-electron chi connectivity index (χ3n) is 2.41. The lowest BCUT2D eigenvalue weighted by atomic mass is 10.3. The van der Waals surface area contributed by atoms with Gasteiger partial charge in [0, 0.05) is 17.8 Å². The van der Waals surface area contributed by atoms with Gasteiger partial charge in [-0.1, -0.05) is 0 Å². The Morgan fingerprint density at radius 3 is 2.84 bits per heavy atom. The summed E-state index contributed by atoms with van der Waals surface area (Å²) in [5.74, 6) is 0. The molecule has 7 heteroatoms. The third kappa shape index (κ3) is 2.66. The molecule has 0 aliphatic carbocycles. The second-order valence-electron chi connectivity index (χ2n) is 3.71. The minimum Gasteiger partial charge on any atom is -0.431 e. The molecular weight excluding hydrogens is 280 g/mol. The average molecular weight is 290 g/mol. The van der Waals surface area contributed by atoms with Crippen LogP contribution >= 0.6 is 23.5 Å². The van der Waals surface area contributed by atoms with Gasteiger partial charge < -0.3 is 10.2 Å². The van der Waals surface area contributed by atoms with Gasteiger partial charge in [0.1, 0.15) is 21.9 Å². The van der Waals surface area contributed by atoms with Crippen molar-refractivity contribution < 1.29 is 4.42 Å². The summed E-state index contributed by atoms with van der Waals surface area (Å²) in [6, 6.07) is 7.31. The molecule has 0 saturated heterocycles. The summed E-state index contributed by atoms with van der Waals surface area (Å²) in [6.45, 7) is 0. The van der Waals surface area contributed by atoms with Crippen LogP contribution in [0.2, 0.25) is 0 Å². The van der Waals surface area contributed by atoms with Crippen LogP contribution in [0, 0.1) is 0 Å². The van der Waals surface area contributed by atoms with E-state index in [9.17, 15) is 0 Å². The van der Waals surface area contributed by atoms with Gasteiger partial charge >= 0.3 is 0 Å². The van der Waals surface area contributed by atoms with E-state index in [2.05, 4.69) is 15.0 Å². The first-order valence-electron chi connectivity index (χ1n) is 5.44. The van der Waals surface area contributed by atoms with Crippen LogP contribution in [0.3, 0.4) is 0 Å². The fourth-order valence-corrected chi connectivity index (χ4v) is 2.72. The number of fused-ring (bicyclic) bond motifs is 1. The molecule has 0 amide bonds. The van der Waals surface area contributed by atoms with E-state index in [4.69, 9.17) is 10.2 Å². The first-order chi connectivity index (χ1) is 9.24. The van der Waals surface area contributed by atoms with E-state index in [0.29, 0.717) is 16.5 Å². The van der Waals surface area contributed by atoms with Crippen LogP contribution in [0.5, 0.6) is 0 Å². The molecule has 0 spiro atoms. The van der Waals surface area contributed by atoms with Crippen LogP contribution < -0.4 is 5.73 Å². The molecule has 19 heavy (non-hydrogen) atoms. The van der Waals surface area contributed by atoms with Gasteiger partial charge in [-0.3, -0.25) is 0 Å². The Bertz CT molecular complexity index is 729. The van der Waals surface area contributed by atoms with Crippen molar-refractivity contribution in [2.75, 3.05) is 12.0 Å². The monoisotopic (exact) mass is 290 g/mol. The van der Waals surface area contributed by atoms with Gasteiger partial charge in [-0.15, -0.1) is 11.8 Å². The van der Waals surface area contributed by atoms with E-state index in [-0.39, 0.29) is 0 Å². The third-order valence-corrected chi connectivity index (χ3v) is 3.83. The first kappa shape index (κ1) is 12.3. The van der Waals surface area contributed by atoms with Crippen molar-refractivity contribution in [3.63, 3.8) is 0 Å². The number of benzene rings is 1. The smallest absolute Gasteiger partial charge is 0.263 e. The molecule has 0 unspecified atom stereocenters. The summed E-state index contributed by atoms with van der Waals surface area (Å²) in [7, 11) is 0. The molecule has 0 saturated carbocycles. The highest BCUT2D eigenvalue weighted by molar-refractivity contribution is 7.99. The highest BCUT2D eigenvalue weighted by Crippen LogP contribution is 2.30. The molecule has 0 bridgehead atoms. The van der Waals surface area contributed by atoms with Gasteiger partial charge in [0.25, 0.3) is 5.22 Å². The number of aromatic nitrogens is 3. The molecular formula is C12H10N4OS2. The molecule has 3 aromatic rings. The van der Waals surface area contributed by atoms with Crippen molar-refractivity contribution in [1.29, 1.82) is 0 Å². The van der Waals surface area contributed by atoms with Crippen LogP contribution in [-0.4, -0.2) is 21.2 Å². The molecule has 1 aromatic carbocycles. The summed E-state index contributed by atoms with van der Waals surface area (Å²) >= 11 is 2.93. The molecule has 2 heterocycles. The second kappa shape index (κ2) is 5.10. The zero-order chi connectivity index (χ0) is 13.2. The van der Waals surface area contributed by atoms with Crippen molar-refractivity contribution in [1.82, 2.24) is 15.0 Å². The minimum atomic E-state index is 0.548. The molecule has 0 aliphatic heterocycles. The van der Waals surface area contributed by atoms with Gasteiger partial charge in [0.05, 0.1) is 0 Å². The summed E-state index contributed by atoms with van der Waals surface area (Å²) in [5.41, 5.74) is 7.83. The minimum absolute atomic E-state index is 0.548. The molecule has 2 aromatic heterocycles. The predicted octanol–water partition coefficient (Wildman–Crippen LogP) is 3.07. The molecule has 5 nitrogen and oxygen atoms in total. The van der Waals surface area contributed by atoms with Crippen molar-refractivity contribution in [3.8, 4) is 0 Å². The molecule has 0 fully saturated rings. The van der Waals surface area contributed by atoms with Crippen LogP contribution in [0.4, 0.5) is 5.69 Å². The number of rotatable bonds is 3. The Labute approximate surface area is 118 Å². The van der Waals surface area contributed by atoms with E-state index in [1.807, 2.05) is 18.4 Å². The Morgan fingerprint density at radius 1 is 1.16 bits per heavy atom. The van der Waals surface area contributed by atoms with Crippen LogP contribution in [-0.2, 0) is 0 Å². The molecule has 0 radical (unpaired) electrons. The van der Waals surface area contributed by atoms with Crippen molar-refractivity contribution >= 4 is 40.3 Å². The number of hydrogen-bond donors (Lipinski definition) is 1. The van der Waals surface area contributed by atoms with E-state index in [0.717, 1.165) is 15.6 Å². The maximum Gasteiger partial charge on any atom is 0.263 e. The van der Waals surface area contributed by atoms with Crippen molar-refractivity contribution in [2.45, 2.75) is 15.3 Å². The highest BCUT2D eigenvalue weighted by atomic mass is 32.2. The number of anilines is 1. The zero-order valence-corrected chi connectivity index (χ0v) is 11.7. The van der Waals surface area contributed by atoms with Crippen LogP contribution in [0.15, 0.2) is 50.3 Å². The Hall–Kier alpha value is -1.73. The van der Waals surface area contributed by atoms with E-state index < -0.39 is 0 Å². The summed E-state index contributed by atoms with van der Waals surface area (Å²) in [4.78, 5) is 12.7. The van der Waals surface area contributed by atoms with Gasteiger partial charge in [0.15, 0.2) is 5.58 Å². The maximum atomic E-state index is 5.71. The van der Waals surface area contributed by atoms with Gasteiger partial charge in [0.2, 0.25) is 0 Å². The van der Waals surface area contributed by atoms with Crippen LogP contribution in [0.25, 0.3) is 11.1 Å². The Morgan fingerprint density at radius 2 is 2.00 bits per heavy atom. The fraction of sp³-hybridized carbons (Fsp3) is 0.0833. The summed E-state index contributed by atoms with van der Waals surface area (Å²) in [5, 5.41) is 2.27. The van der Waals surface area contributed by atoms with Gasteiger partial charge in [-0.2, -0.15) is 0 Å². The Balaban J connectivity index is 1.92. The molecule has 0 aliphatic rings. The van der Waals surface area contributed by atoms with Crippen molar-refractivity contribution in [3.05, 3.63) is 30.6 Å². The molecule has 96 valence electrons. The quantitative estimate of drug-likeness (QED) is 0.451. The molecule has 2 N–H and O–H groups in total. The number of thioether (sulfide) groups is 1. The topological polar surface area (TPSA) is 77.8 Å². The Kier molecular flexibility index (Phi) is 3.31. The lowest BCUT2D eigenvalue weighted by molar-refractivity contribution is 0.489. The van der Waals surface area contributed by atoms with E-state index in [1.54, 1.807) is 23.9 Å². The summed E-state index contributed by atoms with van der Waals surface area (Å²) in [6.07, 6.45) is 3.51. The first-order valence-corrected chi connectivity index (χ1v) is 7.48. The van der Waals surface area contributed by atoms with Crippen LogP contribution in [0.1, 0.15) is 0 Å². The number of nitrogens with two attached hydrogens (primary N) is 1. The summed E-state index contributed by atoms with van der Waals surface area (Å²) < 4.78 is 5.63. The predicted molar refractivity (Wildman–Crippen MR) is 76.4 cm³/mol.